The second-order valence-corrected chi connectivity index (χ2v) is 12.4. The average Bonchev–Trinajstić information content (AvgIpc) is 3.54. The predicted octanol–water partition coefficient (Wildman–Crippen LogP) is 8.00. The lowest BCUT2D eigenvalue weighted by atomic mass is 9.95. The van der Waals surface area contributed by atoms with Crippen LogP contribution in [0.1, 0.15) is 41.6 Å². The van der Waals surface area contributed by atoms with E-state index in [0.717, 1.165) is 29.4 Å². The molecule has 0 aliphatic carbocycles. The summed E-state index contributed by atoms with van der Waals surface area (Å²) in [5, 5.41) is 20.9. The number of hydrogen-bond acceptors (Lipinski definition) is 8. The lowest BCUT2D eigenvalue weighted by molar-refractivity contribution is -0.132. The monoisotopic (exact) mass is 643 g/mol. The molecular formula is C30H24Cl2FN3O4S2. The maximum Gasteiger partial charge on any atom is 0.301 e. The van der Waals surface area contributed by atoms with E-state index in [0.29, 0.717) is 43.6 Å². The number of aliphatic hydroxyl groups is 1. The number of ether oxygens (including phenoxy) is 1. The quantitative estimate of drug-likeness (QED) is 0.0649. The molecule has 1 aliphatic heterocycles. The molecule has 1 aromatic heterocycles. The number of halogens is 3. The van der Waals surface area contributed by atoms with Crippen molar-refractivity contribution < 1.29 is 23.8 Å². The molecule has 3 aromatic carbocycles. The van der Waals surface area contributed by atoms with Gasteiger partial charge in [0.1, 0.15) is 17.3 Å². The first-order valence-corrected chi connectivity index (χ1v) is 15.4. The number of rotatable bonds is 9. The molecule has 1 fully saturated rings. The molecule has 1 amide bonds. The number of hydrogen-bond donors (Lipinski definition) is 1. The topological polar surface area (TPSA) is 92.6 Å². The van der Waals surface area contributed by atoms with Crippen molar-refractivity contribution in [1.82, 2.24) is 10.2 Å². The Kier molecular flexibility index (Phi) is 9.17. The maximum absolute atomic E-state index is 14.4. The lowest BCUT2D eigenvalue weighted by Gasteiger charge is -2.22. The summed E-state index contributed by atoms with van der Waals surface area (Å²) in [5.74, 6) is -1.73. The molecule has 42 heavy (non-hydrogen) atoms. The minimum absolute atomic E-state index is 0.0809. The van der Waals surface area contributed by atoms with Crippen LogP contribution < -0.4 is 9.64 Å². The van der Waals surface area contributed by atoms with Gasteiger partial charge in [-0.05, 0) is 60.4 Å². The van der Waals surface area contributed by atoms with Crippen LogP contribution in [0.25, 0.3) is 5.76 Å². The van der Waals surface area contributed by atoms with E-state index in [4.69, 9.17) is 27.9 Å². The Morgan fingerprint density at radius 1 is 1.10 bits per heavy atom. The second-order valence-electron chi connectivity index (χ2n) is 9.43. The van der Waals surface area contributed by atoms with Crippen LogP contribution in [0, 0.1) is 12.7 Å². The molecule has 12 heteroatoms. The molecule has 0 radical (unpaired) electrons. The van der Waals surface area contributed by atoms with Crippen molar-refractivity contribution >= 4 is 68.9 Å². The summed E-state index contributed by atoms with van der Waals surface area (Å²) in [5.41, 5.74) is 1.66. The largest absolute Gasteiger partial charge is 0.507 e. The van der Waals surface area contributed by atoms with Crippen molar-refractivity contribution in [3.05, 3.63) is 104 Å². The summed E-state index contributed by atoms with van der Waals surface area (Å²) in [6.07, 6.45) is 0.830. The summed E-state index contributed by atoms with van der Waals surface area (Å²) in [6, 6.07) is 15.2. The molecule has 1 atom stereocenters. The van der Waals surface area contributed by atoms with Gasteiger partial charge in [0.15, 0.2) is 4.34 Å². The number of thioether (sulfide) groups is 1. The van der Waals surface area contributed by atoms with Crippen molar-refractivity contribution in [3.8, 4) is 5.75 Å². The van der Waals surface area contributed by atoms with Crippen LogP contribution in [0.15, 0.2) is 70.6 Å². The molecule has 2 heterocycles. The van der Waals surface area contributed by atoms with E-state index in [1.807, 2.05) is 13.0 Å². The van der Waals surface area contributed by atoms with Crippen LogP contribution in [0.5, 0.6) is 5.75 Å². The Balaban J connectivity index is 1.53. The van der Waals surface area contributed by atoms with E-state index >= 15 is 0 Å². The van der Waals surface area contributed by atoms with Gasteiger partial charge in [-0.1, -0.05) is 83.6 Å². The van der Waals surface area contributed by atoms with Gasteiger partial charge in [-0.15, -0.1) is 10.2 Å². The normalized spacial score (nSPS) is 16.3. The zero-order valence-electron chi connectivity index (χ0n) is 22.4. The SMILES string of the molecule is CCCOc1ccc(C2/C(=C(\O)c3ccc(C)c(F)c3)C(=O)C(=O)N2c2nnc(SCc3ccc(Cl)cc3Cl)s2)cc1. The van der Waals surface area contributed by atoms with Crippen molar-refractivity contribution in [1.29, 1.82) is 0 Å². The summed E-state index contributed by atoms with van der Waals surface area (Å²) >= 11 is 14.8. The average molecular weight is 645 g/mol. The molecule has 7 nitrogen and oxygen atoms in total. The summed E-state index contributed by atoms with van der Waals surface area (Å²) in [6.45, 7) is 4.11. The van der Waals surface area contributed by atoms with E-state index in [9.17, 15) is 19.1 Å². The number of Topliss-reactive ketones (excluding diaryl/α,β-unsaturated/α-hetero) is 1. The van der Waals surface area contributed by atoms with Gasteiger partial charge in [0.05, 0.1) is 18.2 Å². The van der Waals surface area contributed by atoms with Crippen molar-refractivity contribution in [2.45, 2.75) is 36.4 Å². The summed E-state index contributed by atoms with van der Waals surface area (Å²) in [7, 11) is 0. The van der Waals surface area contributed by atoms with E-state index in [1.165, 1.54) is 28.8 Å². The van der Waals surface area contributed by atoms with Crippen LogP contribution >= 0.6 is 46.3 Å². The van der Waals surface area contributed by atoms with E-state index in [-0.39, 0.29) is 16.3 Å². The fraction of sp³-hybridized carbons (Fsp3) is 0.200. The van der Waals surface area contributed by atoms with Gasteiger partial charge < -0.3 is 9.84 Å². The highest BCUT2D eigenvalue weighted by Crippen LogP contribution is 2.44. The second kappa shape index (κ2) is 12.8. The Morgan fingerprint density at radius 3 is 2.55 bits per heavy atom. The number of carbonyl (C=O) groups is 2. The van der Waals surface area contributed by atoms with E-state index in [1.54, 1.807) is 43.3 Å². The molecule has 0 bridgehead atoms. The standard InChI is InChI=1S/C30H24Cl2FN3O4S2/c1-3-12-40-21-10-7-17(8-11-21)25-24(26(37)18-5-4-16(2)23(33)13-18)27(38)28(39)36(25)29-34-35-30(42-29)41-15-19-6-9-20(31)14-22(19)32/h4-11,13-14,25,37H,3,12,15H2,1-2H3/b26-24+. The van der Waals surface area contributed by atoms with Crippen LogP contribution in [0.4, 0.5) is 9.52 Å². The summed E-state index contributed by atoms with van der Waals surface area (Å²) < 4.78 is 20.6. The minimum Gasteiger partial charge on any atom is -0.507 e. The number of aryl methyl sites for hydroxylation is 1. The first-order valence-electron chi connectivity index (χ1n) is 12.9. The number of benzene rings is 3. The smallest absolute Gasteiger partial charge is 0.301 e. The molecule has 0 saturated carbocycles. The number of nitrogens with zero attached hydrogens (tertiary/aromatic N) is 3. The first-order chi connectivity index (χ1) is 20.2. The Morgan fingerprint density at radius 2 is 1.86 bits per heavy atom. The van der Waals surface area contributed by atoms with E-state index < -0.39 is 29.3 Å². The van der Waals surface area contributed by atoms with Gasteiger partial charge in [-0.3, -0.25) is 14.5 Å². The third-order valence-electron chi connectivity index (χ3n) is 6.53. The molecule has 0 spiro atoms. The molecule has 4 aromatic rings. The van der Waals surface area contributed by atoms with Gasteiger partial charge in [-0.2, -0.15) is 0 Å². The van der Waals surface area contributed by atoms with Gasteiger partial charge in [0, 0.05) is 21.4 Å². The lowest BCUT2D eigenvalue weighted by Crippen LogP contribution is -2.29. The number of ketones is 1. The zero-order chi connectivity index (χ0) is 30.0. The Labute approximate surface area is 259 Å². The molecule has 1 N–H and O–H groups in total. The van der Waals surface area contributed by atoms with Crippen molar-refractivity contribution in [2.24, 2.45) is 0 Å². The Bertz CT molecular complexity index is 1690. The molecule has 1 saturated heterocycles. The molecule has 5 rings (SSSR count). The third-order valence-corrected chi connectivity index (χ3v) is 9.22. The van der Waals surface area contributed by atoms with Crippen molar-refractivity contribution in [2.75, 3.05) is 11.5 Å². The zero-order valence-corrected chi connectivity index (χ0v) is 25.6. The van der Waals surface area contributed by atoms with E-state index in [2.05, 4.69) is 10.2 Å². The first kappa shape index (κ1) is 30.0. The van der Waals surface area contributed by atoms with Gasteiger partial charge in [0.2, 0.25) is 5.13 Å². The van der Waals surface area contributed by atoms with Crippen LogP contribution in [0.2, 0.25) is 10.0 Å². The molecule has 1 unspecified atom stereocenters. The van der Waals surface area contributed by atoms with Gasteiger partial charge in [-0.25, -0.2) is 4.39 Å². The maximum atomic E-state index is 14.4. The number of aromatic nitrogens is 2. The fourth-order valence-corrected chi connectivity index (χ4v) is 6.77. The van der Waals surface area contributed by atoms with Crippen LogP contribution in [-0.2, 0) is 15.3 Å². The van der Waals surface area contributed by atoms with Gasteiger partial charge >= 0.3 is 5.91 Å². The minimum atomic E-state index is -1.04. The Hall–Kier alpha value is -3.44. The molecule has 216 valence electrons. The van der Waals surface area contributed by atoms with Gasteiger partial charge in [0.25, 0.3) is 5.78 Å². The van der Waals surface area contributed by atoms with Crippen LogP contribution in [-0.4, -0.2) is 33.6 Å². The number of anilines is 1. The number of aliphatic hydroxyl groups excluding tert-OH is 1. The highest BCUT2D eigenvalue weighted by Gasteiger charge is 2.48. The molecular weight excluding hydrogens is 620 g/mol. The summed E-state index contributed by atoms with van der Waals surface area (Å²) in [4.78, 5) is 28.1. The highest BCUT2D eigenvalue weighted by molar-refractivity contribution is 8.00. The fourth-order valence-electron chi connectivity index (χ4n) is 4.34. The van der Waals surface area contributed by atoms with Crippen LogP contribution in [0.3, 0.4) is 0 Å². The van der Waals surface area contributed by atoms with Crippen molar-refractivity contribution in [3.63, 3.8) is 0 Å². The number of carbonyl (C=O) groups excluding carboxylic acids is 2. The highest BCUT2D eigenvalue weighted by atomic mass is 35.5. The third kappa shape index (κ3) is 6.17. The molecule has 1 aliphatic rings. The number of amides is 1. The predicted molar refractivity (Wildman–Crippen MR) is 164 cm³/mol.